The highest BCUT2D eigenvalue weighted by Gasteiger charge is 2.34. The molecule has 70 valence electrons. The van der Waals surface area contributed by atoms with E-state index in [1.54, 1.807) is 0 Å². The molecular formula is C10H19NO. The fourth-order valence-electron chi connectivity index (χ4n) is 1.53. The van der Waals surface area contributed by atoms with Crippen molar-refractivity contribution in [1.82, 2.24) is 5.32 Å². The van der Waals surface area contributed by atoms with Gasteiger partial charge in [0.25, 0.3) is 0 Å². The van der Waals surface area contributed by atoms with Crippen LogP contribution in [0.3, 0.4) is 0 Å². The van der Waals surface area contributed by atoms with Crippen molar-refractivity contribution in [3.8, 4) is 0 Å². The monoisotopic (exact) mass is 169 g/mol. The first-order valence-corrected chi connectivity index (χ1v) is 4.54. The molecule has 0 aromatic heterocycles. The lowest BCUT2D eigenvalue weighted by Crippen LogP contribution is -2.43. The summed E-state index contributed by atoms with van der Waals surface area (Å²) in [6.45, 7) is 11.9. The van der Waals surface area contributed by atoms with E-state index in [4.69, 9.17) is 4.74 Å². The van der Waals surface area contributed by atoms with Crippen LogP contribution in [0.4, 0.5) is 0 Å². The highest BCUT2D eigenvalue weighted by molar-refractivity contribution is 4.96. The average Bonchev–Trinajstić information content (AvgIpc) is 2.25. The van der Waals surface area contributed by atoms with Crippen LogP contribution >= 0.6 is 0 Å². The second-order valence-electron chi connectivity index (χ2n) is 4.13. The average molecular weight is 169 g/mol. The maximum absolute atomic E-state index is 5.59. The lowest BCUT2D eigenvalue weighted by Gasteiger charge is -2.26. The van der Waals surface area contributed by atoms with Gasteiger partial charge in [-0.25, -0.2) is 0 Å². The van der Waals surface area contributed by atoms with Gasteiger partial charge in [0.1, 0.15) is 0 Å². The quantitative estimate of drug-likeness (QED) is 0.649. The van der Waals surface area contributed by atoms with E-state index in [0.29, 0.717) is 6.04 Å². The molecule has 1 N–H and O–H groups in total. The highest BCUT2D eigenvalue weighted by Crippen LogP contribution is 2.24. The molecule has 0 saturated carbocycles. The van der Waals surface area contributed by atoms with Gasteiger partial charge in [0.05, 0.1) is 5.60 Å². The molecule has 0 aromatic rings. The van der Waals surface area contributed by atoms with Crippen LogP contribution in [0, 0.1) is 0 Å². The summed E-state index contributed by atoms with van der Waals surface area (Å²) in [5, 5.41) is 3.45. The van der Waals surface area contributed by atoms with Crippen LogP contribution in [0.2, 0.25) is 0 Å². The Bertz CT molecular complexity index is 175. The molecule has 0 spiro atoms. The number of rotatable bonds is 3. The van der Waals surface area contributed by atoms with Crippen LogP contribution < -0.4 is 5.32 Å². The predicted octanol–water partition coefficient (Wildman–Crippen LogP) is 1.72. The molecule has 0 radical (unpaired) electrons. The van der Waals surface area contributed by atoms with Gasteiger partial charge in [-0.1, -0.05) is 12.2 Å². The fraction of sp³-hybridized carbons (Fsp3) is 0.800. The molecular weight excluding hydrogens is 150 g/mol. The molecule has 0 amide bonds. The number of hydrogen-bond donors (Lipinski definition) is 1. The molecule has 1 unspecified atom stereocenters. The van der Waals surface area contributed by atoms with Gasteiger partial charge in [-0.05, 0) is 27.2 Å². The third-order valence-corrected chi connectivity index (χ3v) is 2.37. The third kappa shape index (κ3) is 2.32. The molecule has 0 aliphatic carbocycles. The minimum atomic E-state index is -0.00451. The first-order chi connectivity index (χ1) is 5.52. The molecule has 2 heteroatoms. The van der Waals surface area contributed by atoms with Crippen molar-refractivity contribution in [2.75, 3.05) is 13.2 Å². The van der Waals surface area contributed by atoms with E-state index in [9.17, 15) is 0 Å². The summed E-state index contributed by atoms with van der Waals surface area (Å²) in [6.07, 6.45) is 1.11. The maximum atomic E-state index is 5.59. The van der Waals surface area contributed by atoms with Crippen LogP contribution in [0.25, 0.3) is 0 Å². The van der Waals surface area contributed by atoms with Crippen LogP contribution in [0.15, 0.2) is 12.2 Å². The maximum Gasteiger partial charge on any atom is 0.0779 e. The van der Waals surface area contributed by atoms with Gasteiger partial charge in [0.2, 0.25) is 0 Å². The minimum Gasteiger partial charge on any atom is -0.374 e. The fourth-order valence-corrected chi connectivity index (χ4v) is 1.53. The Morgan fingerprint density at radius 3 is 2.75 bits per heavy atom. The predicted molar refractivity (Wildman–Crippen MR) is 51.3 cm³/mol. The summed E-state index contributed by atoms with van der Waals surface area (Å²) in [4.78, 5) is 0. The number of nitrogens with one attached hydrogen (secondary N) is 1. The molecule has 2 nitrogen and oxygen atoms in total. The topological polar surface area (TPSA) is 21.3 Å². The van der Waals surface area contributed by atoms with Crippen LogP contribution in [0.5, 0.6) is 0 Å². The van der Waals surface area contributed by atoms with E-state index >= 15 is 0 Å². The van der Waals surface area contributed by atoms with Gasteiger partial charge >= 0.3 is 0 Å². The van der Waals surface area contributed by atoms with Crippen LogP contribution in [0.1, 0.15) is 27.2 Å². The van der Waals surface area contributed by atoms with E-state index in [1.807, 2.05) is 6.92 Å². The molecule has 1 fully saturated rings. The zero-order valence-corrected chi connectivity index (χ0v) is 8.31. The van der Waals surface area contributed by atoms with Crippen molar-refractivity contribution >= 4 is 0 Å². The molecule has 1 atom stereocenters. The lowest BCUT2D eigenvalue weighted by atomic mass is 9.99. The van der Waals surface area contributed by atoms with Crippen LogP contribution in [-0.4, -0.2) is 24.8 Å². The van der Waals surface area contributed by atoms with Crippen molar-refractivity contribution in [1.29, 1.82) is 0 Å². The first-order valence-electron chi connectivity index (χ1n) is 4.54. The highest BCUT2D eigenvalue weighted by atomic mass is 16.5. The van der Waals surface area contributed by atoms with Crippen molar-refractivity contribution in [2.24, 2.45) is 0 Å². The Labute approximate surface area is 75.0 Å². The summed E-state index contributed by atoms with van der Waals surface area (Å²) in [5.74, 6) is 0. The van der Waals surface area contributed by atoms with Crippen molar-refractivity contribution in [2.45, 2.75) is 38.8 Å². The zero-order chi connectivity index (χ0) is 9.19. The largest absolute Gasteiger partial charge is 0.374 e. The van der Waals surface area contributed by atoms with E-state index in [0.717, 1.165) is 19.6 Å². The Morgan fingerprint density at radius 2 is 2.33 bits per heavy atom. The molecule has 0 bridgehead atoms. The van der Waals surface area contributed by atoms with Crippen molar-refractivity contribution < 1.29 is 4.74 Å². The summed E-state index contributed by atoms with van der Waals surface area (Å²) >= 11 is 0. The molecule has 0 aromatic carbocycles. The van der Waals surface area contributed by atoms with Crippen molar-refractivity contribution in [3.05, 3.63) is 12.2 Å². The van der Waals surface area contributed by atoms with Gasteiger partial charge in [0.15, 0.2) is 0 Å². The van der Waals surface area contributed by atoms with Gasteiger partial charge in [-0.3, -0.25) is 0 Å². The summed E-state index contributed by atoms with van der Waals surface area (Å²) < 4.78 is 5.59. The third-order valence-electron chi connectivity index (χ3n) is 2.37. The summed E-state index contributed by atoms with van der Waals surface area (Å²) in [5.41, 5.74) is 1.17. The van der Waals surface area contributed by atoms with E-state index in [2.05, 4.69) is 25.7 Å². The molecule has 1 saturated heterocycles. The van der Waals surface area contributed by atoms with Crippen LogP contribution in [-0.2, 0) is 4.74 Å². The van der Waals surface area contributed by atoms with Gasteiger partial charge in [0, 0.05) is 19.2 Å². The summed E-state index contributed by atoms with van der Waals surface area (Å²) in [6, 6.07) is 0.481. The second-order valence-corrected chi connectivity index (χ2v) is 4.13. The van der Waals surface area contributed by atoms with Gasteiger partial charge < -0.3 is 10.1 Å². The van der Waals surface area contributed by atoms with E-state index in [1.165, 1.54) is 5.57 Å². The standard InChI is InChI=1S/C10H19NO/c1-8(2)7-11-9-5-6-12-10(9,3)4/h9,11H,1,5-7H2,2-4H3. The zero-order valence-electron chi connectivity index (χ0n) is 8.31. The van der Waals surface area contributed by atoms with Gasteiger partial charge in [-0.15, -0.1) is 0 Å². The Balaban J connectivity index is 2.36. The summed E-state index contributed by atoms with van der Waals surface area (Å²) in [7, 11) is 0. The second kappa shape index (κ2) is 3.58. The smallest absolute Gasteiger partial charge is 0.0779 e. The molecule has 1 rings (SSSR count). The van der Waals surface area contributed by atoms with Crippen molar-refractivity contribution in [3.63, 3.8) is 0 Å². The first kappa shape index (κ1) is 9.75. The van der Waals surface area contributed by atoms with E-state index < -0.39 is 0 Å². The van der Waals surface area contributed by atoms with E-state index in [-0.39, 0.29) is 5.60 Å². The normalized spacial score (nSPS) is 27.4. The molecule has 1 heterocycles. The lowest BCUT2D eigenvalue weighted by molar-refractivity contribution is 0.0222. The minimum absolute atomic E-state index is 0.00451. The van der Waals surface area contributed by atoms with Gasteiger partial charge in [-0.2, -0.15) is 0 Å². The Hall–Kier alpha value is -0.340. The number of hydrogen-bond acceptors (Lipinski definition) is 2. The molecule has 1 aliphatic rings. The molecule has 12 heavy (non-hydrogen) atoms. The Kier molecular flexibility index (Phi) is 2.91. The SMILES string of the molecule is C=C(C)CNC1CCOC1(C)C. The number of ether oxygens (including phenoxy) is 1. The Morgan fingerprint density at radius 1 is 1.67 bits per heavy atom. The molecule has 1 aliphatic heterocycles.